The predicted molar refractivity (Wildman–Crippen MR) is 76.3 cm³/mol. The lowest BCUT2D eigenvalue weighted by Crippen LogP contribution is -2.44. The number of carbonyl (C=O) groups is 1. The molecular weight excluding hydrogens is 261 g/mol. The third kappa shape index (κ3) is 7.82. The number of nitrogens with one attached hydrogen (secondary N) is 2. The average Bonchev–Trinajstić information content (AvgIpc) is 2.27. The molecule has 1 aliphatic rings. The van der Waals surface area contributed by atoms with E-state index in [1.807, 2.05) is 7.05 Å². The highest BCUT2D eigenvalue weighted by molar-refractivity contribution is 5.85. The van der Waals surface area contributed by atoms with E-state index in [0.29, 0.717) is 12.5 Å². The second-order valence-electron chi connectivity index (χ2n) is 4.13. The Labute approximate surface area is 117 Å². The Morgan fingerprint density at radius 3 is 2.35 bits per heavy atom. The molecule has 1 fully saturated rings. The summed E-state index contributed by atoms with van der Waals surface area (Å²) in [6.45, 7) is 6.31. The Kier molecular flexibility index (Phi) is 12.6. The van der Waals surface area contributed by atoms with Crippen LogP contribution in [0.15, 0.2) is 0 Å². The van der Waals surface area contributed by atoms with Crippen LogP contribution in [0.1, 0.15) is 26.2 Å². The van der Waals surface area contributed by atoms with Crippen molar-refractivity contribution in [3.05, 3.63) is 0 Å². The minimum absolute atomic E-state index is 0. The van der Waals surface area contributed by atoms with Gasteiger partial charge in [-0.05, 0) is 26.4 Å². The van der Waals surface area contributed by atoms with Crippen molar-refractivity contribution in [2.45, 2.75) is 32.2 Å². The third-order valence-electron chi connectivity index (χ3n) is 3.00. The number of piperidine rings is 1. The topological polar surface area (TPSA) is 44.4 Å². The minimum Gasteiger partial charge on any atom is -0.353 e. The highest BCUT2D eigenvalue weighted by Crippen LogP contribution is 2.09. The molecule has 1 aliphatic heterocycles. The molecule has 1 rings (SSSR count). The normalized spacial score (nSPS) is 16.8. The largest absolute Gasteiger partial charge is 0.353 e. The molecule has 0 unspecified atom stereocenters. The number of halogens is 2. The monoisotopic (exact) mass is 285 g/mol. The summed E-state index contributed by atoms with van der Waals surface area (Å²) >= 11 is 0. The average molecular weight is 286 g/mol. The van der Waals surface area contributed by atoms with Gasteiger partial charge in [-0.15, -0.1) is 24.8 Å². The fourth-order valence-electron chi connectivity index (χ4n) is 1.93. The second-order valence-corrected chi connectivity index (χ2v) is 4.13. The molecule has 1 amide bonds. The first-order valence-corrected chi connectivity index (χ1v) is 5.92. The van der Waals surface area contributed by atoms with Crippen molar-refractivity contribution in [2.24, 2.45) is 0 Å². The Morgan fingerprint density at radius 2 is 1.88 bits per heavy atom. The van der Waals surface area contributed by atoms with Crippen molar-refractivity contribution in [3.63, 3.8) is 0 Å². The summed E-state index contributed by atoms with van der Waals surface area (Å²) in [6.07, 6.45) is 2.78. The van der Waals surface area contributed by atoms with Crippen LogP contribution in [0.4, 0.5) is 0 Å². The molecule has 0 radical (unpaired) electrons. The summed E-state index contributed by atoms with van der Waals surface area (Å²) in [5, 5.41) is 6.08. The number of likely N-dealkylation sites (tertiary alicyclic amines) is 1. The zero-order valence-electron chi connectivity index (χ0n) is 10.7. The molecular formula is C11H25Cl2N3O. The maximum atomic E-state index is 11.5. The lowest BCUT2D eigenvalue weighted by molar-refractivity contribution is -0.122. The Hall–Kier alpha value is -0.0300. The molecule has 2 N–H and O–H groups in total. The van der Waals surface area contributed by atoms with E-state index in [4.69, 9.17) is 0 Å². The standard InChI is InChI=1S/C11H23N3O.2ClH/c1-3-14-8-5-10(6-9-14)13-11(15)4-7-12-2;;/h10,12H,3-9H2,1-2H3,(H,13,15);2*1H. The van der Waals surface area contributed by atoms with Crippen LogP contribution in [0.25, 0.3) is 0 Å². The van der Waals surface area contributed by atoms with E-state index in [0.717, 1.165) is 39.0 Å². The third-order valence-corrected chi connectivity index (χ3v) is 3.00. The fourth-order valence-corrected chi connectivity index (χ4v) is 1.93. The first-order valence-electron chi connectivity index (χ1n) is 5.92. The lowest BCUT2D eigenvalue weighted by atomic mass is 10.1. The van der Waals surface area contributed by atoms with Crippen LogP contribution in [0, 0.1) is 0 Å². The highest BCUT2D eigenvalue weighted by Gasteiger charge is 2.18. The van der Waals surface area contributed by atoms with E-state index in [1.54, 1.807) is 0 Å². The predicted octanol–water partition coefficient (Wildman–Crippen LogP) is 1.04. The molecule has 4 nitrogen and oxygen atoms in total. The van der Waals surface area contributed by atoms with E-state index in [9.17, 15) is 4.79 Å². The molecule has 0 atom stereocenters. The van der Waals surface area contributed by atoms with E-state index >= 15 is 0 Å². The second kappa shape index (κ2) is 11.1. The highest BCUT2D eigenvalue weighted by atomic mass is 35.5. The number of nitrogens with zero attached hydrogens (tertiary/aromatic N) is 1. The van der Waals surface area contributed by atoms with Crippen LogP contribution in [-0.2, 0) is 4.79 Å². The van der Waals surface area contributed by atoms with Crippen molar-refractivity contribution >= 4 is 30.7 Å². The van der Waals surface area contributed by atoms with Gasteiger partial charge in [-0.2, -0.15) is 0 Å². The molecule has 6 heteroatoms. The van der Waals surface area contributed by atoms with Gasteiger partial charge in [0.25, 0.3) is 0 Å². The summed E-state index contributed by atoms with van der Waals surface area (Å²) in [5.41, 5.74) is 0. The summed E-state index contributed by atoms with van der Waals surface area (Å²) in [5.74, 6) is 0.180. The van der Waals surface area contributed by atoms with E-state index < -0.39 is 0 Å². The Morgan fingerprint density at radius 1 is 1.29 bits per heavy atom. The van der Waals surface area contributed by atoms with Gasteiger partial charge in [-0.1, -0.05) is 6.92 Å². The molecule has 0 spiro atoms. The summed E-state index contributed by atoms with van der Waals surface area (Å²) in [7, 11) is 1.87. The van der Waals surface area contributed by atoms with Crippen molar-refractivity contribution in [1.29, 1.82) is 0 Å². The van der Waals surface area contributed by atoms with E-state index in [-0.39, 0.29) is 30.7 Å². The molecule has 104 valence electrons. The van der Waals surface area contributed by atoms with Gasteiger partial charge in [-0.25, -0.2) is 0 Å². The van der Waals surface area contributed by atoms with Crippen LogP contribution in [0.3, 0.4) is 0 Å². The Balaban J connectivity index is 0. The Bertz CT molecular complexity index is 197. The molecule has 1 heterocycles. The van der Waals surface area contributed by atoms with Gasteiger partial charge in [0.15, 0.2) is 0 Å². The maximum absolute atomic E-state index is 11.5. The van der Waals surface area contributed by atoms with Gasteiger partial charge in [0.2, 0.25) is 5.91 Å². The SMILES string of the molecule is CCN1CCC(NC(=O)CCNC)CC1.Cl.Cl. The first kappa shape index (κ1) is 19.3. The number of amides is 1. The van der Waals surface area contributed by atoms with Crippen LogP contribution in [0.5, 0.6) is 0 Å². The zero-order chi connectivity index (χ0) is 11.1. The number of hydrogen-bond donors (Lipinski definition) is 2. The molecule has 0 aromatic heterocycles. The number of carbonyl (C=O) groups excluding carboxylic acids is 1. The molecule has 0 aromatic carbocycles. The van der Waals surface area contributed by atoms with Gasteiger partial charge in [0, 0.05) is 32.1 Å². The quantitative estimate of drug-likeness (QED) is 0.794. The van der Waals surface area contributed by atoms with Gasteiger partial charge in [-0.3, -0.25) is 4.79 Å². The minimum atomic E-state index is 0. The maximum Gasteiger partial charge on any atom is 0.221 e. The molecule has 0 saturated carbocycles. The molecule has 0 aliphatic carbocycles. The fraction of sp³-hybridized carbons (Fsp3) is 0.909. The van der Waals surface area contributed by atoms with Crippen LogP contribution >= 0.6 is 24.8 Å². The lowest BCUT2D eigenvalue weighted by Gasteiger charge is -2.31. The van der Waals surface area contributed by atoms with Crippen LogP contribution in [-0.4, -0.2) is 50.1 Å². The molecule has 1 saturated heterocycles. The van der Waals surface area contributed by atoms with Gasteiger partial charge in [0.05, 0.1) is 0 Å². The summed E-state index contributed by atoms with van der Waals surface area (Å²) in [4.78, 5) is 13.9. The smallest absolute Gasteiger partial charge is 0.221 e. The van der Waals surface area contributed by atoms with Gasteiger partial charge in [0.1, 0.15) is 0 Å². The van der Waals surface area contributed by atoms with E-state index in [1.165, 1.54) is 0 Å². The van der Waals surface area contributed by atoms with Crippen LogP contribution in [0.2, 0.25) is 0 Å². The number of rotatable bonds is 5. The van der Waals surface area contributed by atoms with Gasteiger partial charge < -0.3 is 15.5 Å². The zero-order valence-corrected chi connectivity index (χ0v) is 12.3. The molecule has 17 heavy (non-hydrogen) atoms. The first-order chi connectivity index (χ1) is 7.26. The summed E-state index contributed by atoms with van der Waals surface area (Å²) in [6, 6.07) is 0.400. The molecule has 0 aromatic rings. The van der Waals surface area contributed by atoms with Crippen molar-refractivity contribution in [2.75, 3.05) is 33.2 Å². The summed E-state index contributed by atoms with van der Waals surface area (Å²) < 4.78 is 0. The number of hydrogen-bond acceptors (Lipinski definition) is 3. The van der Waals surface area contributed by atoms with Crippen molar-refractivity contribution in [3.8, 4) is 0 Å². The van der Waals surface area contributed by atoms with Crippen molar-refractivity contribution < 1.29 is 4.79 Å². The van der Waals surface area contributed by atoms with E-state index in [2.05, 4.69) is 22.5 Å². The van der Waals surface area contributed by atoms with Crippen LogP contribution < -0.4 is 10.6 Å². The molecule has 0 bridgehead atoms. The van der Waals surface area contributed by atoms with Crippen molar-refractivity contribution in [1.82, 2.24) is 15.5 Å². The van der Waals surface area contributed by atoms with Gasteiger partial charge >= 0.3 is 0 Å².